The fourth-order valence-corrected chi connectivity index (χ4v) is 4.68. The summed E-state index contributed by atoms with van der Waals surface area (Å²) in [5.74, 6) is -5.75. The Morgan fingerprint density at radius 3 is 2.55 bits per heavy atom. The van der Waals surface area contributed by atoms with Crippen LogP contribution in [0.2, 0.25) is 10.0 Å². The van der Waals surface area contributed by atoms with Crippen molar-refractivity contribution in [3.8, 4) is 5.75 Å². The minimum absolute atomic E-state index is 0.0316. The highest BCUT2D eigenvalue weighted by molar-refractivity contribution is 6.35. The van der Waals surface area contributed by atoms with Gasteiger partial charge in [0.25, 0.3) is 5.91 Å². The highest BCUT2D eigenvalue weighted by Crippen LogP contribution is 2.42. The summed E-state index contributed by atoms with van der Waals surface area (Å²) >= 11 is 12.6. The second kappa shape index (κ2) is 10.8. The van der Waals surface area contributed by atoms with Crippen LogP contribution in [0.1, 0.15) is 22.8 Å². The summed E-state index contributed by atoms with van der Waals surface area (Å²) in [6.07, 6.45) is -1.16. The predicted molar refractivity (Wildman–Crippen MR) is 128 cm³/mol. The second-order valence-corrected chi connectivity index (χ2v) is 9.41. The van der Waals surface area contributed by atoms with Crippen LogP contribution in [-0.4, -0.2) is 63.1 Å². The molecule has 0 unspecified atom stereocenters. The van der Waals surface area contributed by atoms with Crippen molar-refractivity contribution >= 4 is 35.1 Å². The molecular weight excluding hydrogens is 555 g/mol. The maximum atomic E-state index is 13.5. The lowest BCUT2D eigenvalue weighted by atomic mass is 9.84. The van der Waals surface area contributed by atoms with Crippen molar-refractivity contribution < 1.29 is 36.6 Å². The number of rotatable bonds is 8. The lowest BCUT2D eigenvalue weighted by Gasteiger charge is -2.47. The van der Waals surface area contributed by atoms with E-state index in [1.54, 1.807) is 19.1 Å². The van der Waals surface area contributed by atoms with E-state index >= 15 is 0 Å². The zero-order valence-electron chi connectivity index (χ0n) is 19.7. The zero-order valence-corrected chi connectivity index (χ0v) is 21.2. The van der Waals surface area contributed by atoms with Crippen LogP contribution in [0.3, 0.4) is 0 Å². The van der Waals surface area contributed by atoms with Crippen molar-refractivity contribution in [2.24, 2.45) is 0 Å². The first-order valence-corrected chi connectivity index (χ1v) is 11.9. The van der Waals surface area contributed by atoms with Gasteiger partial charge < -0.3 is 14.4 Å². The van der Waals surface area contributed by atoms with Crippen molar-refractivity contribution in [1.29, 1.82) is 0 Å². The largest absolute Gasteiger partial charge is 0.487 e. The van der Waals surface area contributed by atoms with Gasteiger partial charge in [-0.2, -0.15) is 13.9 Å². The summed E-state index contributed by atoms with van der Waals surface area (Å²) in [5.41, 5.74) is -0.998. The molecule has 2 atom stereocenters. The van der Waals surface area contributed by atoms with Gasteiger partial charge in [-0.15, -0.1) is 0 Å². The quantitative estimate of drug-likeness (QED) is 0.282. The van der Waals surface area contributed by atoms with E-state index in [0.29, 0.717) is 10.6 Å². The lowest BCUT2D eigenvalue weighted by molar-refractivity contribution is -0.186. The number of benzene rings is 2. The smallest absolute Gasteiger partial charge is 0.340 e. The molecule has 0 N–H and O–H groups in total. The maximum Gasteiger partial charge on any atom is 0.340 e. The van der Waals surface area contributed by atoms with E-state index < -0.39 is 42.5 Å². The van der Waals surface area contributed by atoms with Crippen molar-refractivity contribution in [2.75, 3.05) is 13.2 Å². The molecule has 0 radical (unpaired) electrons. The van der Waals surface area contributed by atoms with Crippen LogP contribution < -0.4 is 4.74 Å². The summed E-state index contributed by atoms with van der Waals surface area (Å²) in [7, 11) is 0. The third-order valence-corrected chi connectivity index (χ3v) is 6.65. The number of hydrogen-bond acceptors (Lipinski definition) is 6. The number of ether oxygens (including phenoxy) is 2. The molecular formula is C24H20Cl2F4N4O4. The molecule has 0 aliphatic carbocycles. The number of nitrogens with zero attached hydrogens (tertiary/aromatic N) is 4. The van der Waals surface area contributed by atoms with Gasteiger partial charge in [-0.25, -0.2) is 18.4 Å². The first kappa shape index (κ1) is 27.6. The standard InChI is InChI=1S/C24H20Cl2F4N4O4/c1-14-23(10-33-13-31-12-32-33,18-7-4-16(25)8-19(18)26)38-20(35)9-34(14)21(36)15-2-5-17(6-3-15)37-11-24(29,30)22(27)28/h2-8,12-14,22H,9-11H2,1H3/t14-,23-/m1/s1. The summed E-state index contributed by atoms with van der Waals surface area (Å²) in [6, 6.07) is 8.82. The minimum atomic E-state index is -4.32. The van der Waals surface area contributed by atoms with Gasteiger partial charge in [-0.05, 0) is 43.3 Å². The van der Waals surface area contributed by atoms with Crippen LogP contribution in [0, 0.1) is 0 Å². The molecule has 4 rings (SSSR count). The molecule has 3 aromatic rings. The SMILES string of the molecule is C[C@H]1N(C(=O)c2ccc(OCC(F)(F)C(F)F)cc2)CC(=O)O[C@@]1(Cn1cncn1)c1ccc(Cl)cc1Cl. The Hall–Kier alpha value is -3.38. The molecule has 14 heteroatoms. The fraction of sp³-hybridized carbons (Fsp3) is 0.333. The Balaban J connectivity index is 1.64. The predicted octanol–water partition coefficient (Wildman–Crippen LogP) is 4.85. The average Bonchev–Trinajstić information content (AvgIpc) is 3.37. The van der Waals surface area contributed by atoms with Gasteiger partial charge in [0.05, 0.1) is 12.6 Å². The molecule has 8 nitrogen and oxygen atoms in total. The summed E-state index contributed by atoms with van der Waals surface area (Å²) in [6.45, 7) is -0.269. The minimum Gasteiger partial charge on any atom is -0.487 e. The molecule has 0 spiro atoms. The van der Waals surface area contributed by atoms with E-state index in [9.17, 15) is 27.2 Å². The van der Waals surface area contributed by atoms with Crippen LogP contribution in [-0.2, 0) is 21.7 Å². The van der Waals surface area contributed by atoms with Gasteiger partial charge in [0, 0.05) is 21.2 Å². The highest BCUT2D eigenvalue weighted by atomic mass is 35.5. The summed E-state index contributed by atoms with van der Waals surface area (Å²) in [4.78, 5) is 31.6. The Kier molecular flexibility index (Phi) is 7.84. The molecule has 38 heavy (non-hydrogen) atoms. The third kappa shape index (κ3) is 5.56. The number of cyclic esters (lactones) is 1. The monoisotopic (exact) mass is 574 g/mol. The number of esters is 1. The molecule has 202 valence electrons. The van der Waals surface area contributed by atoms with Crippen molar-refractivity contribution in [1.82, 2.24) is 19.7 Å². The fourth-order valence-electron chi connectivity index (χ4n) is 4.12. The Morgan fingerprint density at radius 2 is 1.95 bits per heavy atom. The molecule has 1 aliphatic heterocycles. The molecule has 1 saturated heterocycles. The number of morpholine rings is 1. The first-order chi connectivity index (χ1) is 17.9. The topological polar surface area (TPSA) is 86.5 Å². The lowest BCUT2D eigenvalue weighted by Crippen LogP contribution is -2.61. The van der Waals surface area contributed by atoms with E-state index in [1.165, 1.54) is 52.6 Å². The molecule has 0 bridgehead atoms. The Bertz CT molecular complexity index is 1310. The van der Waals surface area contributed by atoms with E-state index in [1.807, 2.05) is 0 Å². The van der Waals surface area contributed by atoms with Crippen molar-refractivity contribution in [3.05, 3.63) is 76.3 Å². The number of aromatic nitrogens is 3. The van der Waals surface area contributed by atoms with E-state index in [0.717, 1.165) is 0 Å². The number of hydrogen-bond donors (Lipinski definition) is 0. The number of carbonyl (C=O) groups excluding carboxylic acids is 2. The van der Waals surface area contributed by atoms with Crippen molar-refractivity contribution in [3.63, 3.8) is 0 Å². The summed E-state index contributed by atoms with van der Waals surface area (Å²) < 4.78 is 63.1. The average molecular weight is 575 g/mol. The van der Waals surface area contributed by atoms with Gasteiger partial charge in [-0.3, -0.25) is 9.59 Å². The number of halogens is 6. The molecule has 2 heterocycles. The Labute approximate surface area is 224 Å². The molecule has 1 fully saturated rings. The van der Waals surface area contributed by atoms with E-state index in [-0.39, 0.29) is 29.4 Å². The van der Waals surface area contributed by atoms with Gasteiger partial charge in [0.2, 0.25) is 0 Å². The summed E-state index contributed by atoms with van der Waals surface area (Å²) in [5, 5.41) is 4.65. The van der Waals surface area contributed by atoms with Crippen LogP contribution in [0.5, 0.6) is 5.75 Å². The number of amides is 1. The van der Waals surface area contributed by atoms with Crippen LogP contribution in [0.25, 0.3) is 0 Å². The van der Waals surface area contributed by atoms with Crippen molar-refractivity contribution in [2.45, 2.75) is 37.5 Å². The van der Waals surface area contributed by atoms with Crippen LogP contribution in [0.15, 0.2) is 55.1 Å². The molecule has 2 aromatic carbocycles. The second-order valence-electron chi connectivity index (χ2n) is 8.56. The first-order valence-electron chi connectivity index (χ1n) is 11.1. The number of carbonyl (C=O) groups is 2. The molecule has 1 amide bonds. The van der Waals surface area contributed by atoms with Gasteiger partial charge in [0.15, 0.2) is 12.2 Å². The van der Waals surface area contributed by atoms with Gasteiger partial charge >= 0.3 is 18.3 Å². The van der Waals surface area contributed by atoms with Crippen LogP contribution >= 0.6 is 23.2 Å². The maximum absolute atomic E-state index is 13.5. The van der Waals surface area contributed by atoms with Gasteiger partial charge in [0.1, 0.15) is 24.9 Å². The zero-order chi connectivity index (χ0) is 27.7. The van der Waals surface area contributed by atoms with Crippen LogP contribution in [0.4, 0.5) is 17.6 Å². The Morgan fingerprint density at radius 1 is 1.24 bits per heavy atom. The molecule has 0 saturated carbocycles. The normalized spacial score (nSPS) is 19.9. The molecule has 1 aromatic heterocycles. The van der Waals surface area contributed by atoms with Gasteiger partial charge in [-0.1, -0.05) is 29.3 Å². The third-order valence-electron chi connectivity index (χ3n) is 6.10. The highest BCUT2D eigenvalue weighted by Gasteiger charge is 2.52. The van der Waals surface area contributed by atoms with E-state index in [4.69, 9.17) is 32.7 Å². The van der Waals surface area contributed by atoms with E-state index in [2.05, 4.69) is 10.1 Å². The molecule has 1 aliphatic rings. The number of alkyl halides is 4.